The Morgan fingerprint density at radius 1 is 1.24 bits per heavy atom. The quantitative estimate of drug-likeness (QED) is 0.311. The van der Waals surface area contributed by atoms with Gasteiger partial charge >= 0.3 is 0 Å². The summed E-state index contributed by atoms with van der Waals surface area (Å²) in [6.07, 6.45) is 2.84. The lowest BCUT2D eigenvalue weighted by molar-refractivity contribution is -0.148. The van der Waals surface area contributed by atoms with Crippen LogP contribution in [0.25, 0.3) is 0 Å². The van der Waals surface area contributed by atoms with Crippen molar-refractivity contribution in [2.24, 2.45) is 9.98 Å². The van der Waals surface area contributed by atoms with Gasteiger partial charge in [-0.1, -0.05) is 6.08 Å². The van der Waals surface area contributed by atoms with Gasteiger partial charge in [0.1, 0.15) is 18.1 Å². The van der Waals surface area contributed by atoms with Crippen molar-refractivity contribution in [3.8, 4) is 0 Å². The summed E-state index contributed by atoms with van der Waals surface area (Å²) >= 11 is 0. The molecule has 2 aliphatic rings. The highest BCUT2D eigenvalue weighted by Gasteiger charge is 2.47. The van der Waals surface area contributed by atoms with E-state index in [0.717, 1.165) is 11.2 Å². The third-order valence-corrected chi connectivity index (χ3v) is 3.24. The van der Waals surface area contributed by atoms with Gasteiger partial charge in [-0.05, 0) is 13.3 Å². The molecule has 110 valence electrons. The van der Waals surface area contributed by atoms with Crippen molar-refractivity contribution in [3.05, 3.63) is 11.6 Å². The highest BCUT2D eigenvalue weighted by atomic mass is 16.2. The summed E-state index contributed by atoms with van der Waals surface area (Å²) in [4.78, 5) is 56.0. The van der Waals surface area contributed by atoms with E-state index in [2.05, 4.69) is 15.3 Å². The van der Waals surface area contributed by atoms with Crippen molar-refractivity contribution in [2.45, 2.75) is 25.8 Å². The third-order valence-electron chi connectivity index (χ3n) is 3.24. The number of hydrogen-bond acceptors (Lipinski definition) is 5. The highest BCUT2D eigenvalue weighted by molar-refractivity contribution is 6.59. The molecule has 0 bridgehead atoms. The van der Waals surface area contributed by atoms with Crippen LogP contribution in [0.1, 0.15) is 19.8 Å². The lowest BCUT2D eigenvalue weighted by Gasteiger charge is -2.27. The molecule has 1 atom stereocenters. The number of rotatable bonds is 2. The predicted octanol–water partition coefficient (Wildman–Crippen LogP) is -0.794. The number of nitrogens with zero attached hydrogens (tertiary/aromatic N) is 3. The molecule has 2 aliphatic heterocycles. The maximum absolute atomic E-state index is 12.3. The van der Waals surface area contributed by atoms with Gasteiger partial charge in [0.25, 0.3) is 11.8 Å². The molecule has 4 amide bonds. The summed E-state index contributed by atoms with van der Waals surface area (Å²) in [6, 6.07) is -0.982. The fourth-order valence-electron chi connectivity index (χ4n) is 2.26. The van der Waals surface area contributed by atoms with Crippen molar-refractivity contribution in [1.82, 2.24) is 10.2 Å². The molecule has 2 heterocycles. The van der Waals surface area contributed by atoms with Crippen LogP contribution in [-0.2, 0) is 19.2 Å². The Kier molecular flexibility index (Phi) is 4.06. The third kappa shape index (κ3) is 2.51. The maximum Gasteiger partial charge on any atom is 0.280 e. The number of amides is 4. The Bertz CT molecular complexity index is 618. The second kappa shape index (κ2) is 5.78. The van der Waals surface area contributed by atoms with E-state index in [4.69, 9.17) is 0 Å². The van der Waals surface area contributed by atoms with Crippen molar-refractivity contribution in [1.29, 1.82) is 0 Å². The Hall–Kier alpha value is -2.64. The smallest absolute Gasteiger partial charge is 0.280 e. The molecule has 8 nitrogen and oxygen atoms in total. The number of carbonyl (C=O) groups is 4. The first-order valence-corrected chi connectivity index (χ1v) is 6.38. The SMILES string of the molecule is C/C=C1/C(=O)N(C2CCC(=O)NC2=O)C(=O)C1=NC=NC. The number of nitrogens with one attached hydrogen (secondary N) is 1. The van der Waals surface area contributed by atoms with Gasteiger partial charge in [0.2, 0.25) is 11.8 Å². The van der Waals surface area contributed by atoms with Crippen LogP contribution >= 0.6 is 0 Å². The van der Waals surface area contributed by atoms with Crippen molar-refractivity contribution in [3.63, 3.8) is 0 Å². The van der Waals surface area contributed by atoms with Crippen molar-refractivity contribution in [2.75, 3.05) is 7.05 Å². The van der Waals surface area contributed by atoms with Crippen LogP contribution in [0, 0.1) is 0 Å². The second-order valence-electron chi connectivity index (χ2n) is 4.50. The van der Waals surface area contributed by atoms with Crippen LogP contribution in [0.3, 0.4) is 0 Å². The molecule has 0 aliphatic carbocycles. The summed E-state index contributed by atoms with van der Waals surface area (Å²) < 4.78 is 0. The number of allylic oxidation sites excluding steroid dienone is 1. The number of carbonyl (C=O) groups excluding carboxylic acids is 4. The topological polar surface area (TPSA) is 108 Å². The van der Waals surface area contributed by atoms with Gasteiger partial charge in [-0.15, -0.1) is 0 Å². The summed E-state index contributed by atoms with van der Waals surface area (Å²) in [5.41, 5.74) is 0.0856. The van der Waals surface area contributed by atoms with Gasteiger partial charge in [0.05, 0.1) is 5.57 Å². The second-order valence-corrected chi connectivity index (χ2v) is 4.50. The lowest BCUT2D eigenvalue weighted by Crippen LogP contribution is -2.54. The number of aliphatic imine (C=N–C) groups is 2. The van der Waals surface area contributed by atoms with Crippen LogP contribution in [0.4, 0.5) is 0 Å². The zero-order valence-corrected chi connectivity index (χ0v) is 11.6. The van der Waals surface area contributed by atoms with E-state index in [1.54, 1.807) is 6.92 Å². The molecule has 0 spiro atoms. The van der Waals surface area contributed by atoms with E-state index in [0.29, 0.717) is 0 Å². The molecular formula is C13H14N4O4. The molecule has 0 radical (unpaired) electrons. The number of likely N-dealkylation sites (tertiary alicyclic amines) is 1. The van der Waals surface area contributed by atoms with Gasteiger partial charge in [-0.25, -0.2) is 4.99 Å². The minimum atomic E-state index is -0.982. The van der Waals surface area contributed by atoms with Gasteiger partial charge < -0.3 is 0 Å². The van der Waals surface area contributed by atoms with Crippen molar-refractivity contribution < 1.29 is 19.2 Å². The average molecular weight is 290 g/mol. The largest absolute Gasteiger partial charge is 0.295 e. The normalized spacial score (nSPS) is 27.3. The van der Waals surface area contributed by atoms with Crippen LogP contribution in [0.5, 0.6) is 0 Å². The number of imide groups is 2. The molecule has 2 rings (SSSR count). The molecule has 0 saturated carbocycles. The Morgan fingerprint density at radius 2 is 1.95 bits per heavy atom. The average Bonchev–Trinajstić information content (AvgIpc) is 2.68. The lowest BCUT2D eigenvalue weighted by atomic mass is 10.0. The zero-order chi connectivity index (χ0) is 15.6. The number of piperidine rings is 1. The highest BCUT2D eigenvalue weighted by Crippen LogP contribution is 2.23. The van der Waals surface area contributed by atoms with Crippen molar-refractivity contribution >= 4 is 35.7 Å². The van der Waals surface area contributed by atoms with E-state index in [9.17, 15) is 19.2 Å². The van der Waals surface area contributed by atoms with E-state index < -0.39 is 29.7 Å². The Labute approximate surface area is 120 Å². The monoisotopic (exact) mass is 290 g/mol. The number of hydrogen-bond donors (Lipinski definition) is 1. The van der Waals surface area contributed by atoms with Gasteiger partial charge in [-0.3, -0.25) is 34.4 Å². The molecule has 0 aromatic carbocycles. The Morgan fingerprint density at radius 3 is 2.52 bits per heavy atom. The zero-order valence-electron chi connectivity index (χ0n) is 11.6. The molecule has 1 unspecified atom stereocenters. The fourth-order valence-corrected chi connectivity index (χ4v) is 2.26. The molecule has 0 aromatic heterocycles. The van der Waals surface area contributed by atoms with E-state index in [1.165, 1.54) is 13.1 Å². The van der Waals surface area contributed by atoms with E-state index in [-0.39, 0.29) is 24.1 Å². The minimum absolute atomic E-state index is 0.0437. The molecule has 2 saturated heterocycles. The molecule has 8 heteroatoms. The first-order valence-electron chi connectivity index (χ1n) is 6.38. The molecule has 0 aromatic rings. The van der Waals surface area contributed by atoms with Crippen LogP contribution in [-0.4, -0.2) is 53.7 Å². The van der Waals surface area contributed by atoms with E-state index >= 15 is 0 Å². The fraction of sp³-hybridized carbons (Fsp3) is 0.385. The van der Waals surface area contributed by atoms with Crippen LogP contribution < -0.4 is 5.32 Å². The van der Waals surface area contributed by atoms with Crippen LogP contribution in [0.15, 0.2) is 21.6 Å². The summed E-state index contributed by atoms with van der Waals surface area (Å²) in [6.45, 7) is 1.60. The summed E-state index contributed by atoms with van der Waals surface area (Å²) in [5, 5.41) is 2.13. The Balaban J connectivity index is 2.37. The first-order chi connectivity index (χ1) is 10.0. The van der Waals surface area contributed by atoms with Crippen LogP contribution in [0.2, 0.25) is 0 Å². The maximum atomic E-state index is 12.3. The summed E-state index contributed by atoms with van der Waals surface area (Å²) in [7, 11) is 1.48. The molecule has 1 N–H and O–H groups in total. The predicted molar refractivity (Wildman–Crippen MR) is 73.6 cm³/mol. The molecular weight excluding hydrogens is 276 g/mol. The molecule has 2 fully saturated rings. The first kappa shape index (κ1) is 14.8. The minimum Gasteiger partial charge on any atom is -0.295 e. The van der Waals surface area contributed by atoms with Gasteiger partial charge in [0.15, 0.2) is 0 Å². The molecule has 21 heavy (non-hydrogen) atoms. The van der Waals surface area contributed by atoms with Gasteiger partial charge in [-0.2, -0.15) is 0 Å². The standard InChI is InChI=1S/C13H14N4O4/c1-3-7-10(15-6-14-2)13(21)17(12(7)20)8-4-5-9(18)16-11(8)19/h3,6,8H,4-5H2,1-2H3,(H,16,18,19)/b7-3+,14-6?,15-10?. The van der Waals surface area contributed by atoms with Gasteiger partial charge in [0, 0.05) is 13.5 Å². The summed E-state index contributed by atoms with van der Waals surface area (Å²) in [5.74, 6) is -2.29. The van der Waals surface area contributed by atoms with E-state index in [1.807, 2.05) is 0 Å².